The molecule has 1 aromatic carbocycles. The SMILES string of the molecule is CC(C)c1nnc2sc(CCC(=O)N3CCc4ccccc43)nn12. The van der Waals surface area contributed by atoms with Crippen molar-refractivity contribution in [3.8, 4) is 0 Å². The minimum absolute atomic E-state index is 0.162. The van der Waals surface area contributed by atoms with Crippen LogP contribution in [-0.4, -0.2) is 32.3 Å². The van der Waals surface area contributed by atoms with Crippen LogP contribution < -0.4 is 4.90 Å². The molecule has 124 valence electrons. The molecule has 4 rings (SSSR count). The summed E-state index contributed by atoms with van der Waals surface area (Å²) in [5.74, 6) is 1.31. The van der Waals surface area contributed by atoms with E-state index in [0.717, 1.165) is 34.4 Å². The molecule has 0 bridgehead atoms. The first-order chi connectivity index (χ1) is 11.6. The van der Waals surface area contributed by atoms with Gasteiger partial charge < -0.3 is 4.90 Å². The van der Waals surface area contributed by atoms with Crippen LogP contribution in [0.5, 0.6) is 0 Å². The quantitative estimate of drug-likeness (QED) is 0.732. The summed E-state index contributed by atoms with van der Waals surface area (Å²) in [6.07, 6.45) is 2.05. The molecule has 0 fully saturated rings. The molecule has 1 amide bonds. The van der Waals surface area contributed by atoms with E-state index < -0.39 is 0 Å². The van der Waals surface area contributed by atoms with Crippen molar-refractivity contribution in [1.82, 2.24) is 19.8 Å². The highest BCUT2D eigenvalue weighted by Gasteiger charge is 2.24. The number of aryl methyl sites for hydroxylation is 1. The van der Waals surface area contributed by atoms with E-state index in [2.05, 4.69) is 35.2 Å². The highest BCUT2D eigenvalue weighted by atomic mass is 32.1. The third-order valence-corrected chi connectivity index (χ3v) is 5.27. The second kappa shape index (κ2) is 5.98. The first-order valence-electron chi connectivity index (χ1n) is 8.23. The number of aromatic nitrogens is 4. The van der Waals surface area contributed by atoms with Crippen LogP contribution in [-0.2, 0) is 17.6 Å². The maximum atomic E-state index is 12.6. The van der Waals surface area contributed by atoms with E-state index >= 15 is 0 Å². The van der Waals surface area contributed by atoms with Crippen LogP contribution in [0.25, 0.3) is 4.96 Å². The van der Waals surface area contributed by atoms with Crippen molar-refractivity contribution in [2.75, 3.05) is 11.4 Å². The molecular formula is C17H19N5OS. The van der Waals surface area contributed by atoms with E-state index in [1.54, 1.807) is 4.52 Å². The van der Waals surface area contributed by atoms with Crippen molar-refractivity contribution in [1.29, 1.82) is 0 Å². The molecule has 2 aromatic heterocycles. The van der Waals surface area contributed by atoms with Gasteiger partial charge in [0, 0.05) is 31.0 Å². The van der Waals surface area contributed by atoms with Gasteiger partial charge in [0.15, 0.2) is 5.82 Å². The van der Waals surface area contributed by atoms with Gasteiger partial charge in [-0.25, -0.2) is 0 Å². The van der Waals surface area contributed by atoms with E-state index in [0.29, 0.717) is 12.8 Å². The zero-order valence-corrected chi connectivity index (χ0v) is 14.6. The zero-order valence-electron chi connectivity index (χ0n) is 13.8. The summed E-state index contributed by atoms with van der Waals surface area (Å²) in [7, 11) is 0. The minimum atomic E-state index is 0.162. The summed E-state index contributed by atoms with van der Waals surface area (Å²) >= 11 is 1.51. The fraction of sp³-hybridized carbons (Fsp3) is 0.412. The van der Waals surface area contributed by atoms with E-state index in [9.17, 15) is 4.79 Å². The van der Waals surface area contributed by atoms with Crippen molar-refractivity contribution in [3.05, 3.63) is 40.7 Å². The van der Waals surface area contributed by atoms with Gasteiger partial charge in [0.1, 0.15) is 5.01 Å². The van der Waals surface area contributed by atoms with Crippen LogP contribution in [0.2, 0.25) is 0 Å². The summed E-state index contributed by atoms with van der Waals surface area (Å²) < 4.78 is 1.81. The van der Waals surface area contributed by atoms with Crippen LogP contribution in [0.15, 0.2) is 24.3 Å². The van der Waals surface area contributed by atoms with Crippen LogP contribution in [0, 0.1) is 0 Å². The number of nitrogens with zero attached hydrogens (tertiary/aromatic N) is 5. The fourth-order valence-corrected chi connectivity index (χ4v) is 3.92. The minimum Gasteiger partial charge on any atom is -0.312 e. The van der Waals surface area contributed by atoms with Gasteiger partial charge in [-0.15, -0.1) is 10.2 Å². The Morgan fingerprint density at radius 1 is 1.29 bits per heavy atom. The lowest BCUT2D eigenvalue weighted by Crippen LogP contribution is -2.29. The molecule has 1 aliphatic rings. The number of rotatable bonds is 4. The van der Waals surface area contributed by atoms with Gasteiger partial charge in [-0.05, 0) is 18.1 Å². The maximum absolute atomic E-state index is 12.6. The molecule has 0 unspecified atom stereocenters. The number of para-hydroxylation sites is 1. The number of fused-ring (bicyclic) bond motifs is 2. The Kier molecular flexibility index (Phi) is 3.80. The number of anilines is 1. The van der Waals surface area contributed by atoms with Gasteiger partial charge in [0.25, 0.3) is 0 Å². The van der Waals surface area contributed by atoms with Crippen molar-refractivity contribution in [2.24, 2.45) is 0 Å². The molecule has 0 atom stereocenters. The monoisotopic (exact) mass is 341 g/mol. The molecule has 0 spiro atoms. The normalized spacial score (nSPS) is 13.9. The Morgan fingerprint density at radius 3 is 2.96 bits per heavy atom. The second-order valence-electron chi connectivity index (χ2n) is 6.33. The van der Waals surface area contributed by atoms with Gasteiger partial charge in [0.2, 0.25) is 10.9 Å². The lowest BCUT2D eigenvalue weighted by molar-refractivity contribution is -0.118. The molecule has 0 saturated heterocycles. The van der Waals surface area contributed by atoms with E-state index in [4.69, 9.17) is 0 Å². The summed E-state index contributed by atoms with van der Waals surface area (Å²) in [5, 5.41) is 13.8. The molecular weight excluding hydrogens is 322 g/mol. The van der Waals surface area contributed by atoms with E-state index in [1.807, 2.05) is 23.1 Å². The van der Waals surface area contributed by atoms with Crippen molar-refractivity contribution in [2.45, 2.75) is 39.0 Å². The Balaban J connectivity index is 1.46. The van der Waals surface area contributed by atoms with Gasteiger partial charge in [-0.2, -0.15) is 9.61 Å². The summed E-state index contributed by atoms with van der Waals surface area (Å²) in [6.45, 7) is 4.93. The van der Waals surface area contributed by atoms with Gasteiger partial charge >= 0.3 is 0 Å². The molecule has 1 aliphatic heterocycles. The first-order valence-corrected chi connectivity index (χ1v) is 9.04. The third-order valence-electron chi connectivity index (χ3n) is 4.31. The highest BCUT2D eigenvalue weighted by Crippen LogP contribution is 2.28. The lowest BCUT2D eigenvalue weighted by Gasteiger charge is -2.16. The number of carbonyl (C=O) groups is 1. The number of carbonyl (C=O) groups excluding carboxylic acids is 1. The van der Waals surface area contributed by atoms with E-state index in [-0.39, 0.29) is 11.8 Å². The molecule has 3 heterocycles. The summed E-state index contributed by atoms with van der Waals surface area (Å²) in [4.78, 5) is 15.3. The van der Waals surface area contributed by atoms with Crippen molar-refractivity contribution in [3.63, 3.8) is 0 Å². The predicted octanol–water partition coefficient (Wildman–Crippen LogP) is 2.83. The lowest BCUT2D eigenvalue weighted by atomic mass is 10.2. The number of amides is 1. The number of hydrogen-bond donors (Lipinski definition) is 0. The van der Waals surface area contributed by atoms with Gasteiger partial charge in [-0.1, -0.05) is 43.4 Å². The standard InChI is InChI=1S/C17H19N5OS/c1-11(2)16-18-19-17-22(16)20-14(24-17)7-8-15(23)21-10-9-12-5-3-4-6-13(12)21/h3-6,11H,7-10H2,1-2H3. The Hall–Kier alpha value is -2.28. The van der Waals surface area contributed by atoms with E-state index in [1.165, 1.54) is 16.9 Å². The number of hydrogen-bond acceptors (Lipinski definition) is 5. The molecule has 0 N–H and O–H groups in total. The molecule has 6 nitrogen and oxygen atoms in total. The molecule has 3 aromatic rings. The van der Waals surface area contributed by atoms with Crippen molar-refractivity contribution >= 4 is 27.9 Å². The Bertz CT molecular complexity index is 897. The topological polar surface area (TPSA) is 63.4 Å². The molecule has 0 aliphatic carbocycles. The summed E-state index contributed by atoms with van der Waals surface area (Å²) in [6, 6.07) is 8.14. The fourth-order valence-electron chi connectivity index (χ4n) is 3.08. The van der Waals surface area contributed by atoms with Crippen LogP contribution in [0.4, 0.5) is 5.69 Å². The van der Waals surface area contributed by atoms with Gasteiger partial charge in [0.05, 0.1) is 0 Å². The third kappa shape index (κ3) is 2.58. The van der Waals surface area contributed by atoms with Gasteiger partial charge in [-0.3, -0.25) is 4.79 Å². The van der Waals surface area contributed by atoms with Crippen molar-refractivity contribution < 1.29 is 4.79 Å². The molecule has 0 radical (unpaired) electrons. The van der Waals surface area contributed by atoms with Crippen LogP contribution in [0.1, 0.15) is 42.6 Å². The summed E-state index contributed by atoms with van der Waals surface area (Å²) in [5.41, 5.74) is 2.31. The average Bonchev–Trinajstić information content (AvgIpc) is 3.25. The van der Waals surface area contributed by atoms with Crippen LogP contribution in [0.3, 0.4) is 0 Å². The molecule has 7 heteroatoms. The first kappa shape index (κ1) is 15.3. The van der Waals surface area contributed by atoms with Crippen LogP contribution >= 0.6 is 11.3 Å². The Labute approximate surface area is 144 Å². The predicted molar refractivity (Wildman–Crippen MR) is 93.6 cm³/mol. The smallest absolute Gasteiger partial charge is 0.234 e. The zero-order chi connectivity index (χ0) is 16.7. The number of benzene rings is 1. The Morgan fingerprint density at radius 2 is 2.12 bits per heavy atom. The second-order valence-corrected chi connectivity index (χ2v) is 7.37. The maximum Gasteiger partial charge on any atom is 0.234 e. The average molecular weight is 341 g/mol. The highest BCUT2D eigenvalue weighted by molar-refractivity contribution is 7.16. The largest absolute Gasteiger partial charge is 0.312 e. The molecule has 0 saturated carbocycles. The molecule has 24 heavy (non-hydrogen) atoms.